The number of rotatable bonds is 5. The van der Waals surface area contributed by atoms with Crippen LogP contribution in [-0.2, 0) is 11.2 Å². The third-order valence-corrected chi connectivity index (χ3v) is 3.85. The quantitative estimate of drug-likeness (QED) is 0.842. The number of aromatic nitrogens is 2. The van der Waals surface area contributed by atoms with Crippen LogP contribution in [0.15, 0.2) is 0 Å². The average Bonchev–Trinajstić information content (AvgIpc) is 2.44. The molecule has 0 radical (unpaired) electrons. The van der Waals surface area contributed by atoms with Crippen LogP contribution in [0.3, 0.4) is 0 Å². The molecule has 1 atom stereocenters. The molecule has 1 aromatic rings. The average molecular weight is 284 g/mol. The van der Waals surface area contributed by atoms with Gasteiger partial charge in [-0.2, -0.15) is 0 Å². The van der Waals surface area contributed by atoms with Crippen molar-refractivity contribution in [3.05, 3.63) is 16.5 Å². The van der Waals surface area contributed by atoms with Gasteiger partial charge in [-0.3, -0.25) is 0 Å². The molecule has 1 N–H and O–H groups in total. The summed E-state index contributed by atoms with van der Waals surface area (Å²) >= 11 is 6.11. The molecule has 0 spiro atoms. The van der Waals surface area contributed by atoms with Crippen molar-refractivity contribution in [1.82, 2.24) is 9.97 Å². The van der Waals surface area contributed by atoms with Crippen molar-refractivity contribution < 1.29 is 4.74 Å². The Labute approximate surface area is 119 Å². The maximum atomic E-state index is 6.11. The number of aryl methyl sites for hydroxylation is 1. The monoisotopic (exact) mass is 283 g/mol. The first-order valence-electron chi connectivity index (χ1n) is 7.09. The Bertz CT molecular complexity index is 419. The molecule has 2 rings (SSSR count). The van der Waals surface area contributed by atoms with Gasteiger partial charge in [-0.15, -0.1) is 0 Å². The zero-order valence-electron chi connectivity index (χ0n) is 11.7. The summed E-state index contributed by atoms with van der Waals surface area (Å²) in [6.07, 6.45) is 5.85. The first kappa shape index (κ1) is 14.5. The summed E-state index contributed by atoms with van der Waals surface area (Å²) in [4.78, 5) is 8.73. The molecule has 0 amide bonds. The van der Waals surface area contributed by atoms with Crippen LogP contribution in [-0.4, -0.2) is 29.2 Å². The molecule has 106 valence electrons. The molecule has 0 bridgehead atoms. The van der Waals surface area contributed by atoms with Crippen LogP contribution in [0.5, 0.6) is 0 Å². The third kappa shape index (κ3) is 4.05. The van der Waals surface area contributed by atoms with Crippen molar-refractivity contribution in [2.75, 3.05) is 18.5 Å². The molecular weight excluding hydrogens is 262 g/mol. The molecule has 0 saturated carbocycles. The fourth-order valence-corrected chi connectivity index (χ4v) is 2.44. The van der Waals surface area contributed by atoms with Crippen LogP contribution >= 0.6 is 11.6 Å². The van der Waals surface area contributed by atoms with E-state index in [0.29, 0.717) is 11.3 Å². The summed E-state index contributed by atoms with van der Waals surface area (Å²) in [5.74, 6) is 1.64. The molecule has 1 unspecified atom stereocenters. The number of nitrogens with one attached hydrogen (secondary N) is 1. The Kier molecular flexibility index (Phi) is 5.40. The topological polar surface area (TPSA) is 47.0 Å². The summed E-state index contributed by atoms with van der Waals surface area (Å²) in [5.41, 5.74) is 0.920. The second-order valence-electron chi connectivity index (χ2n) is 4.96. The van der Waals surface area contributed by atoms with Gasteiger partial charge in [0.05, 0.1) is 6.10 Å². The second-order valence-corrected chi connectivity index (χ2v) is 5.32. The molecule has 2 heterocycles. The third-order valence-electron chi connectivity index (χ3n) is 3.48. The molecule has 0 aromatic carbocycles. The minimum Gasteiger partial charge on any atom is -0.378 e. The first-order valence-corrected chi connectivity index (χ1v) is 7.47. The molecule has 4 nitrogen and oxygen atoms in total. The molecule has 1 aromatic heterocycles. The first-order chi connectivity index (χ1) is 9.20. The van der Waals surface area contributed by atoms with Gasteiger partial charge in [-0.1, -0.05) is 18.5 Å². The molecular formula is C14H22ClN3O. The van der Waals surface area contributed by atoms with Crippen LogP contribution in [0.1, 0.15) is 44.0 Å². The predicted octanol–water partition coefficient (Wildman–Crippen LogP) is 3.37. The van der Waals surface area contributed by atoms with Crippen molar-refractivity contribution in [3.63, 3.8) is 0 Å². The number of hydrogen-bond donors (Lipinski definition) is 1. The molecule has 5 heteroatoms. The molecule has 1 saturated heterocycles. The van der Waals surface area contributed by atoms with Crippen LogP contribution in [0, 0.1) is 6.92 Å². The van der Waals surface area contributed by atoms with Gasteiger partial charge in [0.2, 0.25) is 0 Å². The van der Waals surface area contributed by atoms with Crippen LogP contribution in [0.4, 0.5) is 5.82 Å². The van der Waals surface area contributed by atoms with E-state index in [0.717, 1.165) is 43.2 Å². The van der Waals surface area contributed by atoms with E-state index in [4.69, 9.17) is 16.3 Å². The van der Waals surface area contributed by atoms with Crippen molar-refractivity contribution in [3.8, 4) is 0 Å². The minimum absolute atomic E-state index is 0.393. The number of ether oxygens (including phenoxy) is 1. The van der Waals surface area contributed by atoms with E-state index in [1.807, 2.05) is 13.8 Å². The van der Waals surface area contributed by atoms with Gasteiger partial charge in [-0.05, 0) is 32.6 Å². The van der Waals surface area contributed by atoms with Crippen molar-refractivity contribution in [2.24, 2.45) is 0 Å². The molecule has 19 heavy (non-hydrogen) atoms. The summed E-state index contributed by atoms with van der Waals surface area (Å²) in [6.45, 7) is 5.74. The lowest BCUT2D eigenvalue weighted by atomic mass is 10.1. The number of nitrogens with zero attached hydrogens (tertiary/aromatic N) is 2. The Morgan fingerprint density at radius 3 is 2.89 bits per heavy atom. The SMILES string of the molecule is CCc1nc(Cl)c(C)c(NCCC2CCCCO2)n1. The Morgan fingerprint density at radius 1 is 1.37 bits per heavy atom. The van der Waals surface area contributed by atoms with Gasteiger partial charge >= 0.3 is 0 Å². The molecule has 0 aliphatic carbocycles. The number of anilines is 1. The van der Waals surface area contributed by atoms with Crippen LogP contribution < -0.4 is 5.32 Å². The molecule has 1 aliphatic rings. The van der Waals surface area contributed by atoms with E-state index in [1.165, 1.54) is 19.3 Å². The van der Waals surface area contributed by atoms with Gasteiger partial charge in [0.25, 0.3) is 0 Å². The van der Waals surface area contributed by atoms with Crippen molar-refractivity contribution in [1.29, 1.82) is 0 Å². The van der Waals surface area contributed by atoms with E-state index in [2.05, 4.69) is 15.3 Å². The zero-order valence-corrected chi connectivity index (χ0v) is 12.5. The smallest absolute Gasteiger partial charge is 0.137 e. The Morgan fingerprint density at radius 2 is 2.21 bits per heavy atom. The number of halogens is 1. The highest BCUT2D eigenvalue weighted by atomic mass is 35.5. The highest BCUT2D eigenvalue weighted by Gasteiger charge is 2.14. The zero-order chi connectivity index (χ0) is 13.7. The van der Waals surface area contributed by atoms with Gasteiger partial charge in [0.15, 0.2) is 0 Å². The van der Waals surface area contributed by atoms with Crippen molar-refractivity contribution >= 4 is 17.4 Å². The number of hydrogen-bond acceptors (Lipinski definition) is 4. The Balaban J connectivity index is 1.89. The fourth-order valence-electron chi connectivity index (χ4n) is 2.25. The lowest BCUT2D eigenvalue weighted by Crippen LogP contribution is -2.22. The summed E-state index contributed by atoms with van der Waals surface area (Å²) in [6, 6.07) is 0. The normalized spacial score (nSPS) is 19.4. The van der Waals surface area contributed by atoms with Gasteiger partial charge < -0.3 is 10.1 Å². The van der Waals surface area contributed by atoms with E-state index < -0.39 is 0 Å². The van der Waals surface area contributed by atoms with Crippen molar-refractivity contribution in [2.45, 2.75) is 52.1 Å². The van der Waals surface area contributed by atoms with E-state index >= 15 is 0 Å². The van der Waals surface area contributed by atoms with Gasteiger partial charge in [0.1, 0.15) is 16.8 Å². The Hall–Kier alpha value is -0.870. The minimum atomic E-state index is 0.393. The maximum Gasteiger partial charge on any atom is 0.137 e. The van der Waals surface area contributed by atoms with E-state index in [9.17, 15) is 0 Å². The molecule has 1 fully saturated rings. The lowest BCUT2D eigenvalue weighted by molar-refractivity contribution is 0.0134. The summed E-state index contributed by atoms with van der Waals surface area (Å²) < 4.78 is 5.72. The van der Waals surface area contributed by atoms with Gasteiger partial charge in [0, 0.05) is 25.1 Å². The standard InChI is InChI=1S/C14H22ClN3O/c1-3-12-17-13(15)10(2)14(18-12)16-8-7-11-6-4-5-9-19-11/h11H,3-9H2,1-2H3,(H,16,17,18). The van der Waals surface area contributed by atoms with Gasteiger partial charge in [-0.25, -0.2) is 9.97 Å². The molecule has 1 aliphatic heterocycles. The van der Waals surface area contributed by atoms with E-state index in [-0.39, 0.29) is 0 Å². The fraction of sp³-hybridized carbons (Fsp3) is 0.714. The highest BCUT2D eigenvalue weighted by Crippen LogP contribution is 2.21. The van der Waals surface area contributed by atoms with Crippen LogP contribution in [0.2, 0.25) is 5.15 Å². The summed E-state index contributed by atoms with van der Waals surface area (Å²) in [5, 5.41) is 3.90. The summed E-state index contributed by atoms with van der Waals surface area (Å²) in [7, 11) is 0. The van der Waals surface area contributed by atoms with Crippen LogP contribution in [0.25, 0.3) is 0 Å². The lowest BCUT2D eigenvalue weighted by Gasteiger charge is -2.22. The largest absolute Gasteiger partial charge is 0.378 e. The maximum absolute atomic E-state index is 6.11. The second kappa shape index (κ2) is 7.06. The van der Waals surface area contributed by atoms with E-state index in [1.54, 1.807) is 0 Å². The highest BCUT2D eigenvalue weighted by molar-refractivity contribution is 6.30. The predicted molar refractivity (Wildman–Crippen MR) is 77.9 cm³/mol.